The summed E-state index contributed by atoms with van der Waals surface area (Å²) in [4.78, 5) is 26.0. The number of hydrogen-bond acceptors (Lipinski definition) is 11. The Labute approximate surface area is 241 Å². The van der Waals surface area contributed by atoms with Gasteiger partial charge in [0.2, 0.25) is 17.8 Å². The number of anilines is 3. The lowest BCUT2D eigenvalue weighted by molar-refractivity contribution is 0.0511. The van der Waals surface area contributed by atoms with Gasteiger partial charge in [-0.15, -0.1) is 0 Å². The molecule has 1 amide bonds. The fourth-order valence-electron chi connectivity index (χ4n) is 3.65. The van der Waals surface area contributed by atoms with Crippen LogP contribution >= 0.6 is 0 Å². The first-order valence-electron chi connectivity index (χ1n) is 13.9. The van der Waals surface area contributed by atoms with Gasteiger partial charge in [-0.05, 0) is 41.8 Å². The molecule has 0 atom stereocenters. The summed E-state index contributed by atoms with van der Waals surface area (Å²) in [6, 6.07) is 15.2. The number of carbonyl (C=O) groups is 1. The number of benzene rings is 2. The summed E-state index contributed by atoms with van der Waals surface area (Å²) < 4.78 is 16.0. The molecular formula is C29H42N8O4. The lowest BCUT2D eigenvalue weighted by Crippen LogP contribution is -2.27. The van der Waals surface area contributed by atoms with E-state index in [1.807, 2.05) is 36.4 Å². The Hall–Kier alpha value is -4.00. The van der Waals surface area contributed by atoms with Crippen molar-refractivity contribution in [2.24, 2.45) is 5.73 Å². The van der Waals surface area contributed by atoms with Crippen LogP contribution in [0.1, 0.15) is 41.3 Å². The van der Waals surface area contributed by atoms with E-state index in [9.17, 15) is 4.79 Å². The normalized spacial score (nSPS) is 10.7. The molecule has 0 bridgehead atoms. The van der Waals surface area contributed by atoms with Crippen LogP contribution in [0.5, 0.6) is 5.75 Å². The van der Waals surface area contributed by atoms with Crippen molar-refractivity contribution in [3.63, 3.8) is 0 Å². The minimum absolute atomic E-state index is 0.153. The van der Waals surface area contributed by atoms with E-state index in [0.29, 0.717) is 76.0 Å². The zero-order chi connectivity index (χ0) is 29.1. The molecule has 0 spiro atoms. The smallest absolute Gasteiger partial charge is 0.251 e. The number of nitrogens with one attached hydrogen (secondary N) is 4. The van der Waals surface area contributed by atoms with Crippen molar-refractivity contribution in [2.75, 3.05) is 69.1 Å². The second-order valence-corrected chi connectivity index (χ2v) is 9.11. The van der Waals surface area contributed by atoms with Crippen LogP contribution < -0.4 is 31.7 Å². The molecule has 3 aromatic rings. The third-order valence-corrected chi connectivity index (χ3v) is 5.87. The summed E-state index contributed by atoms with van der Waals surface area (Å²) in [5.41, 5.74) is 7.97. The van der Waals surface area contributed by atoms with E-state index in [-0.39, 0.29) is 5.91 Å². The number of hydrogen-bond donors (Lipinski definition) is 5. The fourth-order valence-corrected chi connectivity index (χ4v) is 3.65. The average Bonchev–Trinajstić information content (AvgIpc) is 3.00. The number of ether oxygens (including phenoxy) is 3. The monoisotopic (exact) mass is 566 g/mol. The third-order valence-electron chi connectivity index (χ3n) is 5.87. The number of nitrogens with two attached hydrogens (primary N) is 1. The summed E-state index contributed by atoms with van der Waals surface area (Å²) in [6.07, 6.45) is 2.08. The zero-order valence-electron chi connectivity index (χ0n) is 23.9. The maximum atomic E-state index is 12.4. The van der Waals surface area contributed by atoms with Crippen LogP contribution in [0.2, 0.25) is 0 Å². The summed E-state index contributed by atoms with van der Waals surface area (Å²) in [6.45, 7) is 6.72. The molecule has 41 heavy (non-hydrogen) atoms. The van der Waals surface area contributed by atoms with Crippen LogP contribution in [-0.4, -0.2) is 74.0 Å². The Kier molecular flexibility index (Phi) is 14.1. The summed E-state index contributed by atoms with van der Waals surface area (Å²) in [5, 5.41) is 12.7. The maximum absolute atomic E-state index is 12.4. The van der Waals surface area contributed by atoms with Gasteiger partial charge in [-0.1, -0.05) is 37.6 Å². The van der Waals surface area contributed by atoms with Crippen molar-refractivity contribution in [3.05, 3.63) is 65.2 Å². The van der Waals surface area contributed by atoms with E-state index in [2.05, 4.69) is 43.1 Å². The van der Waals surface area contributed by atoms with Crippen LogP contribution in [0.15, 0.2) is 48.5 Å². The van der Waals surface area contributed by atoms with Gasteiger partial charge >= 0.3 is 0 Å². The average molecular weight is 567 g/mol. The number of unbranched alkanes of at least 4 members (excludes halogenated alkanes) is 1. The molecule has 0 aliphatic rings. The summed E-state index contributed by atoms with van der Waals surface area (Å²) in [5.74, 6) is 2.05. The van der Waals surface area contributed by atoms with E-state index in [4.69, 9.17) is 19.9 Å². The molecule has 1 aromatic heterocycles. The molecule has 12 heteroatoms. The van der Waals surface area contributed by atoms with Gasteiger partial charge in [0, 0.05) is 38.3 Å². The Balaban J connectivity index is 1.51. The summed E-state index contributed by atoms with van der Waals surface area (Å²) >= 11 is 0. The molecule has 3 rings (SSSR count). The van der Waals surface area contributed by atoms with Crippen molar-refractivity contribution >= 4 is 23.8 Å². The van der Waals surface area contributed by atoms with Crippen molar-refractivity contribution in [3.8, 4) is 5.75 Å². The highest BCUT2D eigenvalue weighted by Crippen LogP contribution is 2.16. The Morgan fingerprint density at radius 3 is 2.12 bits per heavy atom. The highest BCUT2D eigenvalue weighted by molar-refractivity contribution is 5.94. The zero-order valence-corrected chi connectivity index (χ0v) is 23.9. The number of amides is 1. The lowest BCUT2D eigenvalue weighted by atomic mass is 10.1. The number of rotatable bonds is 20. The van der Waals surface area contributed by atoms with Gasteiger partial charge in [0.05, 0.1) is 33.5 Å². The largest absolute Gasteiger partial charge is 0.497 e. The van der Waals surface area contributed by atoms with Gasteiger partial charge in [-0.25, -0.2) is 0 Å². The molecule has 1 heterocycles. The van der Waals surface area contributed by atoms with E-state index < -0.39 is 0 Å². The Morgan fingerprint density at radius 1 is 0.805 bits per heavy atom. The minimum atomic E-state index is -0.153. The topological polar surface area (TPSA) is 158 Å². The van der Waals surface area contributed by atoms with Gasteiger partial charge in [-0.2, -0.15) is 15.0 Å². The molecule has 0 radical (unpaired) electrons. The van der Waals surface area contributed by atoms with E-state index in [1.54, 1.807) is 19.2 Å². The number of methoxy groups -OCH3 is 1. The third kappa shape index (κ3) is 12.0. The molecule has 6 N–H and O–H groups in total. The van der Waals surface area contributed by atoms with Crippen molar-refractivity contribution in [1.82, 2.24) is 20.3 Å². The molecule has 0 aliphatic heterocycles. The number of nitrogens with zero attached hydrogens (tertiary/aromatic N) is 3. The Bertz CT molecular complexity index is 1180. The van der Waals surface area contributed by atoms with Crippen LogP contribution in [0, 0.1) is 0 Å². The van der Waals surface area contributed by atoms with E-state index in [1.165, 1.54) is 0 Å². The van der Waals surface area contributed by atoms with Crippen molar-refractivity contribution < 1.29 is 19.0 Å². The van der Waals surface area contributed by atoms with Crippen molar-refractivity contribution in [2.45, 2.75) is 32.9 Å². The fraction of sp³-hybridized carbons (Fsp3) is 0.448. The quantitative estimate of drug-likeness (QED) is 0.128. The highest BCUT2D eigenvalue weighted by atomic mass is 16.5. The number of carbonyl (C=O) groups excluding carboxylic acids is 1. The predicted molar refractivity (Wildman–Crippen MR) is 160 cm³/mol. The second-order valence-electron chi connectivity index (χ2n) is 9.11. The van der Waals surface area contributed by atoms with E-state index >= 15 is 0 Å². The van der Waals surface area contributed by atoms with Crippen molar-refractivity contribution in [1.29, 1.82) is 0 Å². The SMILES string of the molecule is CCCCNc1nc(NCc2ccc(C(=O)NCCOCCOCCN)cc2)nc(NCc2cccc(OC)c2)n1. The van der Waals surface area contributed by atoms with Gasteiger partial charge in [0.1, 0.15) is 5.75 Å². The lowest BCUT2D eigenvalue weighted by Gasteiger charge is -2.12. The molecule has 0 aliphatic carbocycles. The van der Waals surface area contributed by atoms with Gasteiger partial charge < -0.3 is 41.2 Å². The van der Waals surface area contributed by atoms with Gasteiger partial charge in [0.25, 0.3) is 5.91 Å². The van der Waals surface area contributed by atoms with Gasteiger partial charge in [0.15, 0.2) is 0 Å². The predicted octanol–water partition coefficient (Wildman–Crippen LogP) is 3.04. The molecule has 0 unspecified atom stereocenters. The molecule has 0 fully saturated rings. The first-order chi connectivity index (χ1) is 20.1. The van der Waals surface area contributed by atoms with E-state index in [0.717, 1.165) is 36.3 Å². The highest BCUT2D eigenvalue weighted by Gasteiger charge is 2.09. The van der Waals surface area contributed by atoms with Crippen LogP contribution in [0.25, 0.3) is 0 Å². The molecule has 222 valence electrons. The van der Waals surface area contributed by atoms with Crippen LogP contribution in [0.4, 0.5) is 17.8 Å². The molecule has 12 nitrogen and oxygen atoms in total. The first kappa shape index (κ1) is 31.5. The second kappa shape index (κ2) is 18.4. The van der Waals surface area contributed by atoms with Gasteiger partial charge in [-0.3, -0.25) is 4.79 Å². The number of aromatic nitrogens is 3. The first-order valence-corrected chi connectivity index (χ1v) is 13.9. The van der Waals surface area contributed by atoms with Crippen LogP contribution in [0.3, 0.4) is 0 Å². The summed E-state index contributed by atoms with van der Waals surface area (Å²) in [7, 11) is 1.65. The standard InChI is InChI=1S/C29H42N8O4/c1-3-4-13-32-27-35-28(37-29(36-27)34-21-23-6-5-7-25(19-23)39-2)33-20-22-8-10-24(11-9-22)26(38)31-14-16-41-18-17-40-15-12-30/h5-11,19H,3-4,12-18,20-21,30H2,1-2H3,(H,31,38)(H3,32,33,34,35,36,37). The molecule has 2 aromatic carbocycles. The minimum Gasteiger partial charge on any atom is -0.497 e. The molecule has 0 saturated heterocycles. The molecule has 0 saturated carbocycles. The van der Waals surface area contributed by atoms with Crippen LogP contribution in [-0.2, 0) is 22.6 Å². The molecular weight excluding hydrogens is 524 g/mol. The Morgan fingerprint density at radius 2 is 1.46 bits per heavy atom. The maximum Gasteiger partial charge on any atom is 0.251 e.